The molecule has 0 aliphatic heterocycles. The molecule has 0 aromatic carbocycles. The monoisotopic (exact) mass is 194 g/mol. The van der Waals surface area contributed by atoms with Gasteiger partial charge in [0.25, 0.3) is 0 Å². The van der Waals surface area contributed by atoms with Gasteiger partial charge in [0.2, 0.25) is 0 Å². The van der Waals surface area contributed by atoms with Gasteiger partial charge in [0, 0.05) is 13.5 Å². The molecule has 0 amide bonds. The van der Waals surface area contributed by atoms with E-state index >= 15 is 0 Å². The first-order chi connectivity index (χ1) is 6.84. The maximum Gasteiger partial charge on any atom is 0.138 e. The summed E-state index contributed by atoms with van der Waals surface area (Å²) in [6, 6.07) is 0. The van der Waals surface area contributed by atoms with Crippen LogP contribution in [0.4, 0.5) is 0 Å². The molecule has 0 atom stereocenters. The van der Waals surface area contributed by atoms with E-state index in [0.29, 0.717) is 0 Å². The van der Waals surface area contributed by atoms with Crippen LogP contribution in [0.25, 0.3) is 0 Å². The van der Waals surface area contributed by atoms with Gasteiger partial charge >= 0.3 is 0 Å². The van der Waals surface area contributed by atoms with Crippen LogP contribution in [0.5, 0.6) is 0 Å². The third-order valence-corrected chi connectivity index (χ3v) is 2.01. The summed E-state index contributed by atoms with van der Waals surface area (Å²) in [7, 11) is 1.91. The summed E-state index contributed by atoms with van der Waals surface area (Å²) in [5.41, 5.74) is 0. The second-order valence-electron chi connectivity index (χ2n) is 3.12. The molecule has 78 valence electrons. The van der Waals surface area contributed by atoms with Crippen molar-refractivity contribution < 1.29 is 0 Å². The van der Waals surface area contributed by atoms with E-state index in [9.17, 15) is 0 Å². The van der Waals surface area contributed by atoms with Crippen molar-refractivity contribution in [3.05, 3.63) is 24.3 Å². The second kappa shape index (κ2) is 6.32. The summed E-state index contributed by atoms with van der Waals surface area (Å²) in [5.74, 6) is 1.00. The van der Waals surface area contributed by atoms with Crippen molar-refractivity contribution in [3.8, 4) is 0 Å². The lowest BCUT2D eigenvalue weighted by Gasteiger charge is -1.96. The topological polar surface area (TPSA) is 42.7 Å². The zero-order valence-corrected chi connectivity index (χ0v) is 8.90. The third kappa shape index (κ3) is 3.70. The highest BCUT2D eigenvalue weighted by Gasteiger charge is 1.95. The number of nitrogens with zero attached hydrogens (tertiary/aromatic N) is 3. The molecule has 4 nitrogen and oxygen atoms in total. The molecule has 0 spiro atoms. The molecule has 0 saturated heterocycles. The van der Waals surface area contributed by atoms with Crippen LogP contribution in [0.3, 0.4) is 0 Å². The fourth-order valence-corrected chi connectivity index (χ4v) is 1.17. The Morgan fingerprint density at radius 2 is 2.36 bits per heavy atom. The van der Waals surface area contributed by atoms with Crippen molar-refractivity contribution in [1.29, 1.82) is 0 Å². The molecular formula is C10H18N4. The van der Waals surface area contributed by atoms with Gasteiger partial charge in [0.1, 0.15) is 12.2 Å². The minimum atomic E-state index is 0.864. The average molecular weight is 194 g/mol. The minimum Gasteiger partial charge on any atom is -0.317 e. The zero-order valence-electron chi connectivity index (χ0n) is 8.90. The first kappa shape index (κ1) is 10.9. The second-order valence-corrected chi connectivity index (χ2v) is 3.12. The lowest BCUT2D eigenvalue weighted by atomic mass is 10.3. The van der Waals surface area contributed by atoms with Gasteiger partial charge in [-0.25, -0.2) is 4.98 Å². The van der Waals surface area contributed by atoms with E-state index < -0.39 is 0 Å². The molecule has 0 aliphatic carbocycles. The summed E-state index contributed by atoms with van der Waals surface area (Å²) in [5, 5.41) is 7.27. The van der Waals surface area contributed by atoms with Gasteiger partial charge in [-0.2, -0.15) is 5.10 Å². The van der Waals surface area contributed by atoms with Gasteiger partial charge in [-0.15, -0.1) is 0 Å². The Balaban J connectivity index is 2.17. The first-order valence-corrected chi connectivity index (χ1v) is 5.03. The van der Waals surface area contributed by atoms with Crippen LogP contribution in [0, 0.1) is 0 Å². The normalized spacial score (nSPS) is 11.3. The predicted octanol–water partition coefficient (Wildman–Crippen LogP) is 0.913. The molecule has 0 unspecified atom stereocenters. The minimum absolute atomic E-state index is 0.864. The Labute approximate surface area is 85.0 Å². The van der Waals surface area contributed by atoms with Crippen LogP contribution in [0.15, 0.2) is 18.5 Å². The molecule has 4 heteroatoms. The van der Waals surface area contributed by atoms with E-state index in [1.165, 1.54) is 0 Å². The van der Waals surface area contributed by atoms with Crippen molar-refractivity contribution in [2.24, 2.45) is 7.05 Å². The van der Waals surface area contributed by atoms with Crippen molar-refractivity contribution in [2.75, 3.05) is 13.1 Å². The summed E-state index contributed by atoms with van der Waals surface area (Å²) in [6.07, 6.45) is 7.84. The largest absolute Gasteiger partial charge is 0.317 e. The number of aryl methyl sites for hydroxylation is 1. The van der Waals surface area contributed by atoms with Crippen LogP contribution in [-0.2, 0) is 13.5 Å². The number of aromatic nitrogens is 3. The smallest absolute Gasteiger partial charge is 0.138 e. The fourth-order valence-electron chi connectivity index (χ4n) is 1.17. The molecule has 0 aliphatic rings. The summed E-state index contributed by atoms with van der Waals surface area (Å²) in [6.45, 7) is 4.20. The summed E-state index contributed by atoms with van der Waals surface area (Å²) in [4.78, 5) is 4.13. The number of hydrogen-bond donors (Lipinski definition) is 1. The van der Waals surface area contributed by atoms with Gasteiger partial charge in [-0.3, -0.25) is 4.68 Å². The van der Waals surface area contributed by atoms with Gasteiger partial charge in [-0.05, 0) is 19.5 Å². The van der Waals surface area contributed by atoms with Crippen molar-refractivity contribution in [3.63, 3.8) is 0 Å². The SMILES string of the molecule is CCNCCC=CCc1ncnn1C. The van der Waals surface area contributed by atoms with Crippen LogP contribution in [-0.4, -0.2) is 27.9 Å². The lowest BCUT2D eigenvalue weighted by Crippen LogP contribution is -2.12. The van der Waals surface area contributed by atoms with E-state index in [1.54, 1.807) is 11.0 Å². The Morgan fingerprint density at radius 3 is 3.00 bits per heavy atom. The van der Waals surface area contributed by atoms with E-state index in [4.69, 9.17) is 0 Å². The lowest BCUT2D eigenvalue weighted by molar-refractivity contribution is 0.715. The molecule has 1 heterocycles. The Hall–Kier alpha value is -1.16. The number of allylic oxidation sites excluding steroid dienone is 1. The molecule has 0 saturated carbocycles. The van der Waals surface area contributed by atoms with Crippen molar-refractivity contribution >= 4 is 0 Å². The molecule has 1 rings (SSSR count). The maximum atomic E-state index is 4.13. The highest BCUT2D eigenvalue weighted by molar-refractivity contribution is 4.95. The molecule has 0 bridgehead atoms. The molecule has 1 aromatic heterocycles. The Bertz CT molecular complexity index is 277. The molecule has 1 N–H and O–H groups in total. The van der Waals surface area contributed by atoms with E-state index in [-0.39, 0.29) is 0 Å². The van der Waals surface area contributed by atoms with Crippen molar-refractivity contribution in [2.45, 2.75) is 19.8 Å². The van der Waals surface area contributed by atoms with Gasteiger partial charge in [0.05, 0.1) is 0 Å². The zero-order chi connectivity index (χ0) is 10.2. The average Bonchev–Trinajstić information content (AvgIpc) is 2.58. The van der Waals surface area contributed by atoms with Crippen molar-refractivity contribution in [1.82, 2.24) is 20.1 Å². The van der Waals surface area contributed by atoms with Crippen LogP contribution in [0.1, 0.15) is 19.2 Å². The highest BCUT2D eigenvalue weighted by Crippen LogP contribution is 1.94. The molecule has 14 heavy (non-hydrogen) atoms. The summed E-state index contributed by atoms with van der Waals surface area (Å²) < 4.78 is 1.80. The third-order valence-electron chi connectivity index (χ3n) is 2.01. The Kier molecular flexibility index (Phi) is 4.93. The van der Waals surface area contributed by atoms with Gasteiger partial charge in [-0.1, -0.05) is 19.1 Å². The van der Waals surface area contributed by atoms with E-state index in [1.807, 2.05) is 7.05 Å². The molecule has 0 fully saturated rings. The predicted molar refractivity (Wildman–Crippen MR) is 57.0 cm³/mol. The first-order valence-electron chi connectivity index (χ1n) is 5.03. The van der Waals surface area contributed by atoms with E-state index in [0.717, 1.165) is 31.8 Å². The molecule has 1 aromatic rings. The highest BCUT2D eigenvalue weighted by atomic mass is 15.3. The van der Waals surface area contributed by atoms with Gasteiger partial charge in [0.15, 0.2) is 0 Å². The maximum absolute atomic E-state index is 4.13. The molecule has 0 radical (unpaired) electrons. The van der Waals surface area contributed by atoms with Gasteiger partial charge < -0.3 is 5.32 Å². The standard InChI is InChI=1S/C10H18N4/c1-3-11-8-6-4-5-7-10-12-9-13-14(10)2/h4-5,9,11H,3,6-8H2,1-2H3. The van der Waals surface area contributed by atoms with Crippen LogP contribution >= 0.6 is 0 Å². The Morgan fingerprint density at radius 1 is 1.50 bits per heavy atom. The molecular weight excluding hydrogens is 176 g/mol. The van der Waals surface area contributed by atoms with Crippen LogP contribution in [0.2, 0.25) is 0 Å². The number of nitrogens with one attached hydrogen (secondary N) is 1. The fraction of sp³-hybridized carbons (Fsp3) is 0.600. The number of hydrogen-bond acceptors (Lipinski definition) is 3. The quantitative estimate of drug-likeness (QED) is 0.541. The number of rotatable bonds is 6. The van der Waals surface area contributed by atoms with E-state index in [2.05, 4.69) is 34.5 Å². The summed E-state index contributed by atoms with van der Waals surface area (Å²) >= 11 is 0. The van der Waals surface area contributed by atoms with Crippen LogP contribution < -0.4 is 5.32 Å².